The zero-order chi connectivity index (χ0) is 21.6. The van der Waals surface area contributed by atoms with Gasteiger partial charge in [-0.05, 0) is 61.6 Å². The van der Waals surface area contributed by atoms with E-state index in [0.29, 0.717) is 22.8 Å². The molecular formula is C22H29ClN2O3S. The van der Waals surface area contributed by atoms with Gasteiger partial charge >= 0.3 is 0 Å². The van der Waals surface area contributed by atoms with Crippen molar-refractivity contribution >= 4 is 38.9 Å². The third-order valence-corrected chi connectivity index (χ3v) is 6.18. The van der Waals surface area contributed by atoms with Crippen LogP contribution in [0, 0.1) is 6.92 Å². The van der Waals surface area contributed by atoms with Gasteiger partial charge in [-0.3, -0.25) is 9.10 Å². The summed E-state index contributed by atoms with van der Waals surface area (Å²) in [5.74, 6) is -0.376. The van der Waals surface area contributed by atoms with Crippen LogP contribution in [0.5, 0.6) is 0 Å². The number of carbonyl (C=O) groups is 1. The molecule has 0 aliphatic rings. The summed E-state index contributed by atoms with van der Waals surface area (Å²) in [4.78, 5) is 13.0. The fourth-order valence-electron chi connectivity index (χ4n) is 3.22. The minimum atomic E-state index is -3.71. The molecule has 7 heteroatoms. The maximum atomic E-state index is 13.0. The van der Waals surface area contributed by atoms with Crippen molar-refractivity contribution in [2.45, 2.75) is 52.5 Å². The third-order valence-electron chi connectivity index (χ3n) is 4.78. The summed E-state index contributed by atoms with van der Waals surface area (Å²) in [5.41, 5.74) is 3.00. The molecule has 1 amide bonds. The SMILES string of the molecule is CCCCc1ccc(NC(=O)C(CC)N(c2cc(Cl)ccc2C)S(C)(=O)=O)cc1. The van der Waals surface area contributed by atoms with E-state index in [2.05, 4.69) is 12.2 Å². The summed E-state index contributed by atoms with van der Waals surface area (Å²) in [7, 11) is -3.71. The highest BCUT2D eigenvalue weighted by Crippen LogP contribution is 2.29. The number of nitrogens with one attached hydrogen (secondary N) is 1. The first kappa shape index (κ1) is 23.2. The molecule has 1 atom stereocenters. The molecule has 1 unspecified atom stereocenters. The number of benzene rings is 2. The Bertz CT molecular complexity index is 943. The predicted molar refractivity (Wildman–Crippen MR) is 121 cm³/mol. The average molecular weight is 437 g/mol. The van der Waals surface area contributed by atoms with Crippen molar-refractivity contribution in [1.29, 1.82) is 0 Å². The number of amides is 1. The van der Waals surface area contributed by atoms with Crippen molar-refractivity contribution in [1.82, 2.24) is 0 Å². The number of unbranched alkanes of at least 4 members (excludes halogenated alkanes) is 1. The first-order valence-corrected chi connectivity index (χ1v) is 12.0. The lowest BCUT2D eigenvalue weighted by atomic mass is 10.1. The Kier molecular flexibility index (Phi) is 8.11. The van der Waals surface area contributed by atoms with E-state index < -0.39 is 16.1 Å². The topological polar surface area (TPSA) is 66.5 Å². The lowest BCUT2D eigenvalue weighted by Crippen LogP contribution is -2.47. The van der Waals surface area contributed by atoms with Crippen molar-refractivity contribution in [2.24, 2.45) is 0 Å². The van der Waals surface area contributed by atoms with Crippen molar-refractivity contribution in [3.63, 3.8) is 0 Å². The zero-order valence-electron chi connectivity index (χ0n) is 17.4. The van der Waals surface area contributed by atoms with Crippen molar-refractivity contribution in [3.05, 3.63) is 58.6 Å². The number of anilines is 2. The summed E-state index contributed by atoms with van der Waals surface area (Å²) < 4.78 is 26.4. The van der Waals surface area contributed by atoms with Crippen LogP contribution in [-0.4, -0.2) is 26.6 Å². The highest BCUT2D eigenvalue weighted by Gasteiger charge is 2.32. The third kappa shape index (κ3) is 6.21. The van der Waals surface area contributed by atoms with Crippen LogP contribution in [0.2, 0.25) is 5.02 Å². The van der Waals surface area contributed by atoms with Crippen LogP contribution in [0.4, 0.5) is 11.4 Å². The van der Waals surface area contributed by atoms with Crippen molar-refractivity contribution < 1.29 is 13.2 Å². The summed E-state index contributed by atoms with van der Waals surface area (Å²) >= 11 is 6.10. The van der Waals surface area contributed by atoms with E-state index in [0.717, 1.165) is 31.1 Å². The second-order valence-corrected chi connectivity index (χ2v) is 9.50. The first-order chi connectivity index (χ1) is 13.7. The number of rotatable bonds is 9. The molecule has 0 aliphatic heterocycles. The molecule has 0 bridgehead atoms. The van der Waals surface area contributed by atoms with Gasteiger partial charge in [-0.1, -0.05) is 50.1 Å². The van der Waals surface area contributed by atoms with E-state index in [1.807, 2.05) is 24.3 Å². The molecule has 0 heterocycles. The highest BCUT2D eigenvalue weighted by molar-refractivity contribution is 7.92. The van der Waals surface area contributed by atoms with E-state index in [9.17, 15) is 13.2 Å². The van der Waals surface area contributed by atoms with Gasteiger partial charge in [-0.25, -0.2) is 8.42 Å². The first-order valence-electron chi connectivity index (χ1n) is 9.82. The molecule has 0 aromatic heterocycles. The zero-order valence-corrected chi connectivity index (χ0v) is 19.0. The number of hydrogen-bond donors (Lipinski definition) is 1. The predicted octanol–water partition coefficient (Wildman–Crippen LogP) is 5.17. The van der Waals surface area contributed by atoms with Crippen LogP contribution < -0.4 is 9.62 Å². The summed E-state index contributed by atoms with van der Waals surface area (Å²) in [6, 6.07) is 11.8. The highest BCUT2D eigenvalue weighted by atomic mass is 35.5. The summed E-state index contributed by atoms with van der Waals surface area (Å²) in [6.07, 6.45) is 4.66. The number of hydrogen-bond acceptors (Lipinski definition) is 3. The smallest absolute Gasteiger partial charge is 0.248 e. The molecule has 0 spiro atoms. The molecular weight excluding hydrogens is 408 g/mol. The Morgan fingerprint density at radius 2 is 1.79 bits per heavy atom. The molecule has 1 N–H and O–H groups in total. The number of carbonyl (C=O) groups excluding carboxylic acids is 1. The number of nitrogens with zero attached hydrogens (tertiary/aromatic N) is 1. The van der Waals surface area contributed by atoms with Crippen LogP contribution in [0.25, 0.3) is 0 Å². The molecule has 158 valence electrons. The molecule has 5 nitrogen and oxygen atoms in total. The van der Waals surface area contributed by atoms with Crippen LogP contribution in [-0.2, 0) is 21.2 Å². The normalized spacial score (nSPS) is 12.4. The lowest BCUT2D eigenvalue weighted by molar-refractivity contribution is -0.117. The van der Waals surface area contributed by atoms with Crippen LogP contribution in [0.1, 0.15) is 44.2 Å². The fourth-order valence-corrected chi connectivity index (χ4v) is 4.64. The minimum absolute atomic E-state index is 0.319. The van der Waals surface area contributed by atoms with E-state index in [1.54, 1.807) is 32.0 Å². The Balaban J connectivity index is 2.30. The van der Waals surface area contributed by atoms with Gasteiger partial charge in [0.25, 0.3) is 0 Å². The average Bonchev–Trinajstić information content (AvgIpc) is 2.66. The molecule has 0 saturated heterocycles. The van der Waals surface area contributed by atoms with E-state index >= 15 is 0 Å². The summed E-state index contributed by atoms with van der Waals surface area (Å²) in [6.45, 7) is 5.73. The molecule has 0 fully saturated rings. The fraction of sp³-hybridized carbons (Fsp3) is 0.409. The van der Waals surface area contributed by atoms with Gasteiger partial charge in [-0.2, -0.15) is 0 Å². The Morgan fingerprint density at radius 1 is 1.14 bits per heavy atom. The standard InChI is InChI=1S/C22H29ClN2O3S/c1-5-7-8-17-10-13-19(14-11-17)24-22(26)20(6-2)25(29(4,27)28)21-15-18(23)12-9-16(21)3/h9-15,20H,5-8H2,1-4H3,(H,24,26). The van der Waals surface area contributed by atoms with E-state index in [-0.39, 0.29) is 5.91 Å². The van der Waals surface area contributed by atoms with Crippen molar-refractivity contribution in [2.75, 3.05) is 15.9 Å². The summed E-state index contributed by atoms with van der Waals surface area (Å²) in [5, 5.41) is 3.27. The van der Waals surface area contributed by atoms with Gasteiger partial charge in [0.15, 0.2) is 0 Å². The van der Waals surface area contributed by atoms with Gasteiger partial charge in [0, 0.05) is 10.7 Å². The van der Waals surface area contributed by atoms with E-state index in [1.165, 1.54) is 9.87 Å². The largest absolute Gasteiger partial charge is 0.324 e. The van der Waals surface area contributed by atoms with Crippen LogP contribution in [0.15, 0.2) is 42.5 Å². The molecule has 0 saturated carbocycles. The number of sulfonamides is 1. The Labute approximate surface area is 179 Å². The number of aryl methyl sites for hydroxylation is 2. The quantitative estimate of drug-likeness (QED) is 0.589. The van der Waals surface area contributed by atoms with Gasteiger partial charge < -0.3 is 5.32 Å². The van der Waals surface area contributed by atoms with Gasteiger partial charge in [-0.15, -0.1) is 0 Å². The van der Waals surface area contributed by atoms with Crippen LogP contribution >= 0.6 is 11.6 Å². The Morgan fingerprint density at radius 3 is 2.34 bits per heavy atom. The maximum absolute atomic E-state index is 13.0. The van der Waals surface area contributed by atoms with Gasteiger partial charge in [0.05, 0.1) is 11.9 Å². The molecule has 2 aromatic rings. The molecule has 29 heavy (non-hydrogen) atoms. The monoisotopic (exact) mass is 436 g/mol. The second kappa shape index (κ2) is 10.1. The van der Waals surface area contributed by atoms with Crippen LogP contribution in [0.3, 0.4) is 0 Å². The Hall–Kier alpha value is -2.05. The molecule has 0 radical (unpaired) electrons. The van der Waals surface area contributed by atoms with E-state index in [4.69, 9.17) is 11.6 Å². The van der Waals surface area contributed by atoms with Crippen molar-refractivity contribution in [3.8, 4) is 0 Å². The molecule has 2 aromatic carbocycles. The molecule has 0 aliphatic carbocycles. The lowest BCUT2D eigenvalue weighted by Gasteiger charge is -2.31. The number of halogens is 1. The molecule has 2 rings (SSSR count). The second-order valence-electron chi connectivity index (χ2n) is 7.20. The minimum Gasteiger partial charge on any atom is -0.324 e. The maximum Gasteiger partial charge on any atom is 0.248 e. The van der Waals surface area contributed by atoms with Gasteiger partial charge in [0.2, 0.25) is 15.9 Å². The van der Waals surface area contributed by atoms with Gasteiger partial charge in [0.1, 0.15) is 6.04 Å².